The Kier molecular flexibility index (Phi) is 7.03. The molecule has 0 radical (unpaired) electrons. The molecular weight excluding hydrogens is 384 g/mol. The van der Waals surface area contributed by atoms with Crippen molar-refractivity contribution in [1.29, 1.82) is 0 Å². The average molecular weight is 409 g/mol. The summed E-state index contributed by atoms with van der Waals surface area (Å²) in [6.45, 7) is 0.419. The van der Waals surface area contributed by atoms with Crippen molar-refractivity contribution in [2.75, 3.05) is 6.54 Å². The normalized spacial score (nSPS) is 15.7. The first-order chi connectivity index (χ1) is 12.4. The van der Waals surface area contributed by atoms with Crippen molar-refractivity contribution in [3.8, 4) is 0 Å². The van der Waals surface area contributed by atoms with Crippen LogP contribution in [0.5, 0.6) is 0 Å². The molecule has 3 rings (SSSR count). The van der Waals surface area contributed by atoms with E-state index < -0.39 is 9.84 Å². The van der Waals surface area contributed by atoms with Crippen LogP contribution in [-0.2, 0) is 15.6 Å². The Balaban J connectivity index is 0.00000261. The first-order valence-electron chi connectivity index (χ1n) is 8.83. The number of hydrogen-bond donors (Lipinski definition) is 2. The van der Waals surface area contributed by atoms with Gasteiger partial charge in [-0.3, -0.25) is 4.79 Å². The summed E-state index contributed by atoms with van der Waals surface area (Å²) in [5, 5.41) is 3.04. The van der Waals surface area contributed by atoms with Crippen molar-refractivity contribution in [2.24, 2.45) is 5.73 Å². The van der Waals surface area contributed by atoms with Crippen LogP contribution in [-0.4, -0.2) is 26.4 Å². The van der Waals surface area contributed by atoms with Gasteiger partial charge in [-0.25, -0.2) is 8.42 Å². The van der Waals surface area contributed by atoms with E-state index in [0.29, 0.717) is 12.1 Å². The summed E-state index contributed by atoms with van der Waals surface area (Å²) in [6, 6.07) is 15.2. The van der Waals surface area contributed by atoms with E-state index in [9.17, 15) is 13.2 Å². The van der Waals surface area contributed by atoms with E-state index in [1.807, 2.05) is 18.2 Å². The topological polar surface area (TPSA) is 89.3 Å². The lowest BCUT2D eigenvalue weighted by molar-refractivity contribution is 0.0903. The van der Waals surface area contributed by atoms with E-state index in [4.69, 9.17) is 5.73 Å². The minimum atomic E-state index is -3.45. The molecule has 0 unspecified atom stereocenters. The highest BCUT2D eigenvalue weighted by Gasteiger charge is 2.34. The summed E-state index contributed by atoms with van der Waals surface area (Å²) >= 11 is 0. The molecule has 1 saturated carbocycles. The number of hydrogen-bond acceptors (Lipinski definition) is 4. The predicted octanol–water partition coefficient (Wildman–Crippen LogP) is 3.08. The quantitative estimate of drug-likeness (QED) is 0.768. The molecule has 3 N–H and O–H groups in total. The largest absolute Gasteiger partial charge is 0.345 e. The second-order valence-corrected chi connectivity index (χ2v) is 8.90. The summed E-state index contributed by atoms with van der Waals surface area (Å²) in [4.78, 5) is 12.7. The lowest BCUT2D eigenvalue weighted by atomic mass is 9.97. The fourth-order valence-electron chi connectivity index (χ4n) is 3.44. The fourth-order valence-corrected chi connectivity index (χ4v) is 4.78. The van der Waals surface area contributed by atoms with E-state index >= 15 is 0 Å². The molecule has 1 fully saturated rings. The monoisotopic (exact) mass is 408 g/mol. The molecule has 0 spiro atoms. The third-order valence-electron chi connectivity index (χ3n) is 5.01. The maximum absolute atomic E-state index is 12.5. The van der Waals surface area contributed by atoms with Gasteiger partial charge in [0.15, 0.2) is 9.84 Å². The van der Waals surface area contributed by atoms with Crippen LogP contribution in [0.1, 0.15) is 41.6 Å². The van der Waals surface area contributed by atoms with E-state index in [0.717, 1.165) is 31.2 Å². The Labute approximate surface area is 166 Å². The second kappa shape index (κ2) is 8.87. The molecule has 7 heteroatoms. The standard InChI is InChI=1S/C20H24N2O3S.ClH/c21-15-20(12-4-5-13-20)22-19(23)17-8-10-18(11-9-17)26(24,25)14-16-6-2-1-3-7-16;/h1-3,6-11H,4-5,12-15,21H2,(H,22,23);1H. The Hall–Kier alpha value is -1.89. The molecule has 0 saturated heterocycles. The number of nitrogens with two attached hydrogens (primary N) is 1. The molecule has 27 heavy (non-hydrogen) atoms. The summed E-state index contributed by atoms with van der Waals surface area (Å²) < 4.78 is 25.1. The molecule has 0 aliphatic heterocycles. The smallest absolute Gasteiger partial charge is 0.251 e. The van der Waals surface area contributed by atoms with Crippen molar-refractivity contribution >= 4 is 28.2 Å². The van der Waals surface area contributed by atoms with E-state index in [2.05, 4.69) is 5.32 Å². The zero-order valence-corrected chi connectivity index (χ0v) is 16.7. The van der Waals surface area contributed by atoms with Gasteiger partial charge < -0.3 is 11.1 Å². The second-order valence-electron chi connectivity index (χ2n) is 6.91. The van der Waals surface area contributed by atoms with Crippen molar-refractivity contribution < 1.29 is 13.2 Å². The van der Waals surface area contributed by atoms with Crippen LogP contribution in [0.2, 0.25) is 0 Å². The maximum atomic E-state index is 12.5. The summed E-state index contributed by atoms with van der Waals surface area (Å²) in [7, 11) is -3.45. The van der Waals surface area contributed by atoms with Crippen molar-refractivity contribution in [3.63, 3.8) is 0 Å². The van der Waals surface area contributed by atoms with Crippen LogP contribution >= 0.6 is 12.4 Å². The van der Waals surface area contributed by atoms with Crippen LogP contribution in [0.3, 0.4) is 0 Å². The van der Waals surface area contributed by atoms with Gasteiger partial charge in [-0.15, -0.1) is 12.4 Å². The summed E-state index contributed by atoms with van der Waals surface area (Å²) in [5.74, 6) is -0.264. The van der Waals surface area contributed by atoms with Gasteiger partial charge in [0, 0.05) is 12.1 Å². The van der Waals surface area contributed by atoms with Gasteiger partial charge in [-0.05, 0) is 42.7 Å². The summed E-state index contributed by atoms with van der Waals surface area (Å²) in [6.07, 6.45) is 3.90. The molecular formula is C20H25ClN2O3S. The highest BCUT2D eigenvalue weighted by molar-refractivity contribution is 7.90. The minimum absolute atomic E-state index is 0. The van der Waals surface area contributed by atoms with Gasteiger partial charge in [-0.1, -0.05) is 43.2 Å². The maximum Gasteiger partial charge on any atom is 0.251 e. The molecule has 1 aliphatic carbocycles. The number of benzene rings is 2. The third kappa shape index (κ3) is 5.09. The van der Waals surface area contributed by atoms with E-state index in [1.165, 1.54) is 12.1 Å². The predicted molar refractivity (Wildman–Crippen MR) is 109 cm³/mol. The highest BCUT2D eigenvalue weighted by atomic mass is 35.5. The van der Waals surface area contributed by atoms with Gasteiger partial charge in [-0.2, -0.15) is 0 Å². The Morgan fingerprint density at radius 3 is 2.15 bits per heavy atom. The van der Waals surface area contributed by atoms with Crippen LogP contribution in [0.25, 0.3) is 0 Å². The van der Waals surface area contributed by atoms with Gasteiger partial charge >= 0.3 is 0 Å². The lowest BCUT2D eigenvalue weighted by Gasteiger charge is -2.28. The van der Waals surface area contributed by atoms with Gasteiger partial charge in [0.05, 0.1) is 16.2 Å². The number of nitrogens with one attached hydrogen (secondary N) is 1. The van der Waals surface area contributed by atoms with Crippen LogP contribution in [0.15, 0.2) is 59.5 Å². The van der Waals surface area contributed by atoms with Gasteiger partial charge in [0.1, 0.15) is 0 Å². The average Bonchev–Trinajstić information content (AvgIpc) is 3.11. The van der Waals surface area contributed by atoms with Crippen molar-refractivity contribution in [1.82, 2.24) is 5.32 Å². The SMILES string of the molecule is Cl.NCC1(NC(=O)c2ccc(S(=O)(=O)Cc3ccccc3)cc2)CCCC1. The molecule has 0 heterocycles. The van der Waals surface area contributed by atoms with Crippen molar-refractivity contribution in [2.45, 2.75) is 41.9 Å². The lowest BCUT2D eigenvalue weighted by Crippen LogP contribution is -2.51. The summed E-state index contributed by atoms with van der Waals surface area (Å²) in [5.41, 5.74) is 6.72. The number of carbonyl (C=O) groups is 1. The van der Waals surface area contributed by atoms with Gasteiger partial charge in [0.25, 0.3) is 5.91 Å². The molecule has 1 aliphatic rings. The minimum Gasteiger partial charge on any atom is -0.345 e. The first kappa shape index (κ1) is 21.4. The molecule has 1 amide bonds. The zero-order chi connectivity index (χ0) is 18.6. The van der Waals surface area contributed by atoms with E-state index in [1.54, 1.807) is 24.3 Å². The molecule has 5 nitrogen and oxygen atoms in total. The Morgan fingerprint density at radius 1 is 1.00 bits per heavy atom. The fraction of sp³-hybridized carbons (Fsp3) is 0.350. The number of halogens is 1. The third-order valence-corrected chi connectivity index (χ3v) is 6.71. The van der Waals surface area contributed by atoms with Crippen LogP contribution in [0, 0.1) is 0 Å². The number of carbonyl (C=O) groups excluding carboxylic acids is 1. The number of amides is 1. The Morgan fingerprint density at radius 2 is 1.59 bits per heavy atom. The van der Waals surface area contributed by atoms with Gasteiger partial charge in [0.2, 0.25) is 0 Å². The van der Waals surface area contributed by atoms with E-state index in [-0.39, 0.29) is 34.5 Å². The highest BCUT2D eigenvalue weighted by Crippen LogP contribution is 2.29. The molecule has 2 aromatic carbocycles. The molecule has 0 bridgehead atoms. The molecule has 0 atom stereocenters. The molecule has 0 aromatic heterocycles. The number of sulfone groups is 1. The Bertz CT molecular complexity index is 862. The van der Waals surface area contributed by atoms with Crippen molar-refractivity contribution in [3.05, 3.63) is 65.7 Å². The van der Waals surface area contributed by atoms with Crippen LogP contribution in [0.4, 0.5) is 0 Å². The zero-order valence-electron chi connectivity index (χ0n) is 15.1. The first-order valence-corrected chi connectivity index (χ1v) is 10.5. The molecule has 146 valence electrons. The molecule has 2 aromatic rings. The van der Waals surface area contributed by atoms with Crippen LogP contribution < -0.4 is 11.1 Å². The number of rotatable bonds is 6.